The van der Waals surface area contributed by atoms with Gasteiger partial charge in [0, 0.05) is 6.04 Å². The fourth-order valence-corrected chi connectivity index (χ4v) is 2.17. The summed E-state index contributed by atoms with van der Waals surface area (Å²) in [5.41, 5.74) is 7.14. The molecular formula is C17H29NO3. The Hall–Kier alpha value is -1.42. The maximum Gasteiger partial charge on any atom is 0.203 e. The van der Waals surface area contributed by atoms with E-state index in [1.165, 1.54) is 6.42 Å². The number of hydrogen-bond acceptors (Lipinski definition) is 4. The smallest absolute Gasteiger partial charge is 0.203 e. The zero-order valence-electron chi connectivity index (χ0n) is 13.8. The van der Waals surface area contributed by atoms with Crippen LogP contribution in [-0.4, -0.2) is 26.9 Å². The maximum atomic E-state index is 6.03. The standard InChI is InChI=1S/C17H29NO3/c1-5-7-8-9-21-17-15(19-3)11-13(10-14(18)6-2)12-16(17)20-4/h11-12,14H,5-10,18H2,1-4H3. The summed E-state index contributed by atoms with van der Waals surface area (Å²) in [6.07, 6.45) is 5.12. The van der Waals surface area contributed by atoms with Gasteiger partial charge in [-0.05, 0) is 37.0 Å². The van der Waals surface area contributed by atoms with Gasteiger partial charge in [0.1, 0.15) is 0 Å². The molecule has 1 aromatic carbocycles. The zero-order chi connectivity index (χ0) is 15.7. The first-order valence-corrected chi connectivity index (χ1v) is 7.79. The Morgan fingerprint density at radius 2 is 1.67 bits per heavy atom. The molecule has 21 heavy (non-hydrogen) atoms. The van der Waals surface area contributed by atoms with Gasteiger partial charge in [0.2, 0.25) is 5.75 Å². The molecule has 0 saturated heterocycles. The Bertz CT molecular complexity index is 395. The van der Waals surface area contributed by atoms with Crippen LogP contribution in [0.15, 0.2) is 12.1 Å². The van der Waals surface area contributed by atoms with Gasteiger partial charge in [0.05, 0.1) is 20.8 Å². The van der Waals surface area contributed by atoms with Crippen molar-refractivity contribution < 1.29 is 14.2 Å². The van der Waals surface area contributed by atoms with Crippen molar-refractivity contribution in [3.8, 4) is 17.2 Å². The third-order valence-electron chi connectivity index (χ3n) is 3.54. The van der Waals surface area contributed by atoms with Gasteiger partial charge in [-0.1, -0.05) is 26.7 Å². The minimum absolute atomic E-state index is 0.149. The van der Waals surface area contributed by atoms with Crippen LogP contribution in [0.1, 0.15) is 45.1 Å². The van der Waals surface area contributed by atoms with Crippen LogP contribution in [0.25, 0.3) is 0 Å². The lowest BCUT2D eigenvalue weighted by Gasteiger charge is -2.17. The molecule has 0 aliphatic rings. The molecule has 0 heterocycles. The summed E-state index contributed by atoms with van der Waals surface area (Å²) >= 11 is 0. The maximum absolute atomic E-state index is 6.03. The number of methoxy groups -OCH3 is 2. The second-order valence-electron chi connectivity index (χ2n) is 5.26. The average molecular weight is 295 g/mol. The van der Waals surface area contributed by atoms with Crippen molar-refractivity contribution in [3.05, 3.63) is 17.7 Å². The van der Waals surface area contributed by atoms with Gasteiger partial charge in [-0.15, -0.1) is 0 Å². The van der Waals surface area contributed by atoms with Gasteiger partial charge in [0.15, 0.2) is 11.5 Å². The second kappa shape index (κ2) is 9.50. The number of unbranched alkanes of at least 4 members (excludes halogenated alkanes) is 2. The molecule has 0 aromatic heterocycles. The lowest BCUT2D eigenvalue weighted by Crippen LogP contribution is -2.21. The molecule has 1 aromatic rings. The van der Waals surface area contributed by atoms with Crippen LogP contribution in [-0.2, 0) is 6.42 Å². The first-order chi connectivity index (χ1) is 10.2. The first-order valence-electron chi connectivity index (χ1n) is 7.79. The van der Waals surface area contributed by atoms with Crippen molar-refractivity contribution in [1.82, 2.24) is 0 Å². The van der Waals surface area contributed by atoms with Gasteiger partial charge < -0.3 is 19.9 Å². The Morgan fingerprint density at radius 1 is 1.05 bits per heavy atom. The number of benzene rings is 1. The summed E-state index contributed by atoms with van der Waals surface area (Å²) in [5, 5.41) is 0. The molecule has 1 rings (SSSR count). The minimum atomic E-state index is 0.149. The molecule has 0 saturated carbocycles. The van der Waals surface area contributed by atoms with E-state index in [1.807, 2.05) is 12.1 Å². The first kappa shape index (κ1) is 17.6. The molecule has 0 fully saturated rings. The van der Waals surface area contributed by atoms with Crippen LogP contribution in [0.3, 0.4) is 0 Å². The quantitative estimate of drug-likeness (QED) is 0.671. The van der Waals surface area contributed by atoms with Crippen LogP contribution in [0, 0.1) is 0 Å². The van der Waals surface area contributed by atoms with Crippen LogP contribution >= 0.6 is 0 Å². The highest BCUT2D eigenvalue weighted by atomic mass is 16.5. The number of nitrogens with two attached hydrogens (primary N) is 1. The van der Waals surface area contributed by atoms with Crippen molar-refractivity contribution in [1.29, 1.82) is 0 Å². The summed E-state index contributed by atoms with van der Waals surface area (Å²) in [7, 11) is 3.30. The number of rotatable bonds is 10. The SMILES string of the molecule is CCCCCOc1c(OC)cc(CC(N)CC)cc1OC. The van der Waals surface area contributed by atoms with E-state index >= 15 is 0 Å². The normalized spacial score (nSPS) is 12.0. The van der Waals surface area contributed by atoms with E-state index in [0.29, 0.717) is 23.9 Å². The molecular weight excluding hydrogens is 266 g/mol. The molecule has 2 N–H and O–H groups in total. The van der Waals surface area contributed by atoms with E-state index in [9.17, 15) is 0 Å². The zero-order valence-corrected chi connectivity index (χ0v) is 13.8. The molecule has 0 spiro atoms. The summed E-state index contributed by atoms with van der Waals surface area (Å²) in [6.45, 7) is 4.94. The molecule has 1 unspecified atom stereocenters. The van der Waals surface area contributed by atoms with Crippen molar-refractivity contribution in [2.75, 3.05) is 20.8 Å². The molecule has 4 heteroatoms. The van der Waals surface area contributed by atoms with Gasteiger partial charge in [-0.2, -0.15) is 0 Å². The molecule has 1 atom stereocenters. The predicted octanol–water partition coefficient (Wildman–Crippen LogP) is 3.55. The van der Waals surface area contributed by atoms with Crippen molar-refractivity contribution >= 4 is 0 Å². The van der Waals surface area contributed by atoms with Crippen LogP contribution < -0.4 is 19.9 Å². The highest BCUT2D eigenvalue weighted by Gasteiger charge is 2.15. The van der Waals surface area contributed by atoms with Gasteiger partial charge in [0.25, 0.3) is 0 Å². The molecule has 4 nitrogen and oxygen atoms in total. The summed E-state index contributed by atoms with van der Waals surface area (Å²) in [6, 6.07) is 4.14. The minimum Gasteiger partial charge on any atom is -0.493 e. The average Bonchev–Trinajstić information content (AvgIpc) is 2.51. The third-order valence-corrected chi connectivity index (χ3v) is 3.54. The van der Waals surface area contributed by atoms with Crippen LogP contribution in [0.4, 0.5) is 0 Å². The Kier molecular flexibility index (Phi) is 7.98. The topological polar surface area (TPSA) is 53.7 Å². The number of hydrogen-bond donors (Lipinski definition) is 1. The molecule has 0 aliphatic heterocycles. The number of ether oxygens (including phenoxy) is 3. The van der Waals surface area contributed by atoms with Gasteiger partial charge >= 0.3 is 0 Å². The fraction of sp³-hybridized carbons (Fsp3) is 0.647. The van der Waals surface area contributed by atoms with E-state index in [0.717, 1.165) is 31.2 Å². The third kappa shape index (κ3) is 5.46. The lowest BCUT2D eigenvalue weighted by atomic mass is 10.0. The summed E-state index contributed by atoms with van der Waals surface area (Å²) in [4.78, 5) is 0. The lowest BCUT2D eigenvalue weighted by molar-refractivity contribution is 0.268. The molecule has 0 amide bonds. The molecule has 0 radical (unpaired) electrons. The van der Waals surface area contributed by atoms with Crippen molar-refractivity contribution in [2.24, 2.45) is 5.73 Å². The fourth-order valence-electron chi connectivity index (χ4n) is 2.17. The Labute approximate surface area is 128 Å². The molecule has 0 aliphatic carbocycles. The van der Waals surface area contributed by atoms with Gasteiger partial charge in [-0.3, -0.25) is 0 Å². The summed E-state index contributed by atoms with van der Waals surface area (Å²) < 4.78 is 16.8. The highest BCUT2D eigenvalue weighted by molar-refractivity contribution is 5.54. The highest BCUT2D eigenvalue weighted by Crippen LogP contribution is 2.39. The Balaban J connectivity index is 2.90. The van der Waals surface area contributed by atoms with E-state index in [1.54, 1.807) is 14.2 Å². The predicted molar refractivity (Wildman–Crippen MR) is 86.5 cm³/mol. The van der Waals surface area contributed by atoms with E-state index in [4.69, 9.17) is 19.9 Å². The van der Waals surface area contributed by atoms with Crippen LogP contribution in [0.2, 0.25) is 0 Å². The molecule has 120 valence electrons. The van der Waals surface area contributed by atoms with Gasteiger partial charge in [-0.25, -0.2) is 0 Å². The van der Waals surface area contributed by atoms with Crippen molar-refractivity contribution in [2.45, 2.75) is 52.0 Å². The van der Waals surface area contributed by atoms with Crippen LogP contribution in [0.5, 0.6) is 17.2 Å². The monoisotopic (exact) mass is 295 g/mol. The second-order valence-corrected chi connectivity index (χ2v) is 5.26. The van der Waals surface area contributed by atoms with Crippen molar-refractivity contribution in [3.63, 3.8) is 0 Å². The summed E-state index contributed by atoms with van der Waals surface area (Å²) in [5.74, 6) is 2.11. The van der Waals surface area contributed by atoms with E-state index in [2.05, 4.69) is 13.8 Å². The van der Waals surface area contributed by atoms with E-state index < -0.39 is 0 Å². The van der Waals surface area contributed by atoms with E-state index in [-0.39, 0.29) is 6.04 Å². The Morgan fingerprint density at radius 3 is 2.14 bits per heavy atom. The largest absolute Gasteiger partial charge is 0.493 e. The molecule has 0 bridgehead atoms.